The first-order valence-corrected chi connectivity index (χ1v) is 18.2. The number of rotatable bonds is 6. The third-order valence-electron chi connectivity index (χ3n) is 14.6. The Hall–Kier alpha value is -0.850. The van der Waals surface area contributed by atoms with E-state index >= 15 is 0 Å². The van der Waals surface area contributed by atoms with Gasteiger partial charge in [0, 0.05) is 19.1 Å². The zero-order chi connectivity index (χ0) is 29.6. The number of aliphatic hydroxyl groups is 2. The number of hydrogen-bond acceptors (Lipinski definition) is 5. The molecule has 240 valence electrons. The second kappa shape index (κ2) is 12.5. The highest BCUT2D eigenvalue weighted by molar-refractivity contribution is 5.67. The summed E-state index contributed by atoms with van der Waals surface area (Å²) < 4.78 is 5.89. The fourth-order valence-corrected chi connectivity index (χ4v) is 12.3. The Morgan fingerprint density at radius 3 is 2.29 bits per heavy atom. The van der Waals surface area contributed by atoms with Crippen molar-refractivity contribution in [1.82, 2.24) is 9.80 Å². The fraction of sp³-hybridized carbons (Fsp3) is 0.972. The summed E-state index contributed by atoms with van der Waals surface area (Å²) in [5.74, 6) is 3.48. The molecule has 0 radical (unpaired) electrons. The second-order valence-electron chi connectivity index (χ2n) is 16.3. The summed E-state index contributed by atoms with van der Waals surface area (Å²) in [6, 6.07) is 0.647. The molecule has 6 heteroatoms. The Bertz CT molecular complexity index is 931. The maximum absolute atomic E-state index is 12.9. The minimum Gasteiger partial charge on any atom is -0.449 e. The molecule has 1 amide bonds. The summed E-state index contributed by atoms with van der Waals surface area (Å²) >= 11 is 0. The van der Waals surface area contributed by atoms with Gasteiger partial charge >= 0.3 is 6.09 Å². The largest absolute Gasteiger partial charge is 0.449 e. The van der Waals surface area contributed by atoms with Gasteiger partial charge in [-0.25, -0.2) is 4.79 Å². The van der Waals surface area contributed by atoms with E-state index in [4.69, 9.17) is 4.74 Å². The molecule has 2 saturated heterocycles. The molecule has 6 rings (SSSR count). The number of ether oxygens (including phenoxy) is 1. The number of amides is 1. The third kappa shape index (κ3) is 5.46. The molecule has 0 spiro atoms. The SMILES string of the molecule is CC[C@H]1[C@@H](O)[C@H]2C3CCC([C@H](C)CCOC(=O)N4CCC(N5CCCCC5)CC4)[C@@]3(C)CCC2[C@@]2(C)CC[C@@H](O)C[C@@H]12. The van der Waals surface area contributed by atoms with E-state index in [0.717, 1.165) is 58.0 Å². The zero-order valence-electron chi connectivity index (χ0n) is 27.3. The van der Waals surface area contributed by atoms with Crippen LogP contribution in [0.1, 0.15) is 118 Å². The molecule has 6 aliphatic rings. The van der Waals surface area contributed by atoms with Crippen molar-refractivity contribution >= 4 is 6.09 Å². The van der Waals surface area contributed by atoms with E-state index in [1.807, 2.05) is 4.90 Å². The normalized spacial score (nSPS) is 45.5. The lowest BCUT2D eigenvalue weighted by Crippen LogP contribution is -2.62. The first kappa shape index (κ1) is 31.1. The van der Waals surface area contributed by atoms with Crippen LogP contribution in [-0.2, 0) is 4.74 Å². The second-order valence-corrected chi connectivity index (χ2v) is 16.3. The van der Waals surface area contributed by atoms with Crippen molar-refractivity contribution in [2.75, 3.05) is 32.8 Å². The van der Waals surface area contributed by atoms with E-state index < -0.39 is 0 Å². The summed E-state index contributed by atoms with van der Waals surface area (Å²) in [5, 5.41) is 22.5. The molecular formula is C36H62N2O4. The number of hydrogen-bond donors (Lipinski definition) is 2. The smallest absolute Gasteiger partial charge is 0.409 e. The van der Waals surface area contributed by atoms with Crippen molar-refractivity contribution in [3.05, 3.63) is 0 Å². The highest BCUT2D eigenvalue weighted by atomic mass is 16.6. The minimum absolute atomic E-state index is 0.105. The molecule has 42 heavy (non-hydrogen) atoms. The van der Waals surface area contributed by atoms with Gasteiger partial charge in [0.05, 0.1) is 18.8 Å². The van der Waals surface area contributed by atoms with Crippen molar-refractivity contribution < 1.29 is 19.7 Å². The summed E-state index contributed by atoms with van der Waals surface area (Å²) in [4.78, 5) is 17.5. The van der Waals surface area contributed by atoms with Crippen LogP contribution in [0.4, 0.5) is 4.79 Å². The summed E-state index contributed by atoms with van der Waals surface area (Å²) in [5.41, 5.74) is 0.517. The van der Waals surface area contributed by atoms with E-state index in [0.29, 0.717) is 54.1 Å². The molecule has 4 aliphatic carbocycles. The Kier molecular flexibility index (Phi) is 9.27. The Balaban J connectivity index is 1.03. The van der Waals surface area contributed by atoms with Gasteiger partial charge in [0.25, 0.3) is 0 Å². The molecule has 2 heterocycles. The van der Waals surface area contributed by atoms with Crippen molar-refractivity contribution in [3.8, 4) is 0 Å². The van der Waals surface area contributed by atoms with Crippen LogP contribution in [0, 0.1) is 52.3 Å². The average molecular weight is 587 g/mol. The Labute approximate surface area is 256 Å². The molecule has 6 fully saturated rings. The molecule has 0 aromatic carbocycles. The first-order valence-electron chi connectivity index (χ1n) is 18.2. The molecule has 0 aromatic heterocycles. The van der Waals surface area contributed by atoms with Crippen LogP contribution in [0.5, 0.6) is 0 Å². The summed E-state index contributed by atoms with van der Waals surface area (Å²) in [6.45, 7) is 14.4. The van der Waals surface area contributed by atoms with Gasteiger partial charge in [-0.15, -0.1) is 0 Å². The van der Waals surface area contributed by atoms with E-state index in [1.54, 1.807) is 0 Å². The van der Waals surface area contributed by atoms with Crippen molar-refractivity contribution in [3.63, 3.8) is 0 Å². The fourth-order valence-electron chi connectivity index (χ4n) is 12.3. The monoisotopic (exact) mass is 586 g/mol. The van der Waals surface area contributed by atoms with Crippen LogP contribution in [0.15, 0.2) is 0 Å². The minimum atomic E-state index is -0.234. The molecule has 11 atom stereocenters. The lowest BCUT2D eigenvalue weighted by Gasteiger charge is -2.64. The molecule has 4 saturated carbocycles. The predicted octanol–water partition coefficient (Wildman–Crippen LogP) is 6.73. The van der Waals surface area contributed by atoms with Crippen LogP contribution in [-0.4, -0.2) is 77.1 Å². The molecule has 3 unspecified atom stereocenters. The van der Waals surface area contributed by atoms with Crippen LogP contribution in [0.3, 0.4) is 0 Å². The summed E-state index contributed by atoms with van der Waals surface area (Å²) in [7, 11) is 0. The third-order valence-corrected chi connectivity index (χ3v) is 14.6. The van der Waals surface area contributed by atoms with Gasteiger partial charge in [-0.2, -0.15) is 0 Å². The van der Waals surface area contributed by atoms with E-state index in [1.165, 1.54) is 58.0 Å². The first-order chi connectivity index (χ1) is 20.2. The molecule has 6 nitrogen and oxygen atoms in total. The molecule has 2 aliphatic heterocycles. The van der Waals surface area contributed by atoms with Gasteiger partial charge in [0.15, 0.2) is 0 Å². The maximum Gasteiger partial charge on any atom is 0.409 e. The van der Waals surface area contributed by atoms with Gasteiger partial charge in [-0.3, -0.25) is 0 Å². The van der Waals surface area contributed by atoms with Crippen LogP contribution in [0.25, 0.3) is 0 Å². The lowest BCUT2D eigenvalue weighted by atomic mass is 9.41. The van der Waals surface area contributed by atoms with E-state index in [9.17, 15) is 15.0 Å². The quantitative estimate of drug-likeness (QED) is 0.361. The molecule has 0 bridgehead atoms. The van der Waals surface area contributed by atoms with Crippen molar-refractivity contribution in [2.45, 2.75) is 136 Å². The van der Waals surface area contributed by atoms with Gasteiger partial charge in [-0.05, 0) is 142 Å². The topological polar surface area (TPSA) is 73.2 Å². The number of fused-ring (bicyclic) bond motifs is 5. The summed E-state index contributed by atoms with van der Waals surface area (Å²) in [6.07, 6.45) is 15.5. The number of nitrogens with zero attached hydrogens (tertiary/aromatic N) is 2. The number of likely N-dealkylation sites (tertiary alicyclic amines) is 2. The van der Waals surface area contributed by atoms with Gasteiger partial charge < -0.3 is 24.7 Å². The Morgan fingerprint density at radius 1 is 0.881 bits per heavy atom. The number of aliphatic hydroxyl groups excluding tert-OH is 2. The van der Waals surface area contributed by atoms with E-state index in [-0.39, 0.29) is 29.1 Å². The highest BCUT2D eigenvalue weighted by Gasteiger charge is 2.64. The van der Waals surface area contributed by atoms with Crippen LogP contribution < -0.4 is 0 Å². The standard InChI is InChI=1S/C36H62N2O4/c1-5-27-31-23-26(39)11-16-36(31,4)30-12-17-35(3)28(9-10-29(35)32(30)33(27)40)24(2)15-22-42-34(41)38-20-13-25(14-21-38)37-18-7-6-8-19-37/h24-33,39-40H,5-23H2,1-4H3/t24-,26-,27-,28?,29?,30?,31+,32+,33-,35-,36-/m1/s1. The van der Waals surface area contributed by atoms with Crippen molar-refractivity contribution in [2.24, 2.45) is 52.3 Å². The average Bonchev–Trinajstić information content (AvgIpc) is 3.36. The lowest BCUT2D eigenvalue weighted by molar-refractivity contribution is -0.203. The highest BCUT2D eigenvalue weighted by Crippen LogP contribution is 2.69. The molecule has 2 N–H and O–H groups in total. The van der Waals surface area contributed by atoms with Gasteiger partial charge in [0.1, 0.15) is 0 Å². The number of carbonyl (C=O) groups is 1. The zero-order valence-corrected chi connectivity index (χ0v) is 27.3. The van der Waals surface area contributed by atoms with Gasteiger partial charge in [-0.1, -0.05) is 40.5 Å². The molecular weight excluding hydrogens is 524 g/mol. The Morgan fingerprint density at radius 2 is 1.57 bits per heavy atom. The number of piperidine rings is 2. The van der Waals surface area contributed by atoms with Gasteiger partial charge in [0.2, 0.25) is 0 Å². The van der Waals surface area contributed by atoms with Crippen molar-refractivity contribution in [1.29, 1.82) is 0 Å². The number of carbonyl (C=O) groups excluding carboxylic acids is 1. The molecule has 0 aromatic rings. The van der Waals surface area contributed by atoms with E-state index in [2.05, 4.69) is 32.6 Å². The predicted molar refractivity (Wildman–Crippen MR) is 167 cm³/mol. The van der Waals surface area contributed by atoms with Crippen LogP contribution in [0.2, 0.25) is 0 Å². The maximum atomic E-state index is 12.9. The van der Waals surface area contributed by atoms with Crippen LogP contribution >= 0.6 is 0 Å².